The van der Waals surface area contributed by atoms with Crippen LogP contribution in [0.1, 0.15) is 96.5 Å². The number of nitrogens with one attached hydrogen (secondary N) is 1. The van der Waals surface area contributed by atoms with Gasteiger partial charge in [0.05, 0.1) is 5.54 Å². The third kappa shape index (κ3) is 5.45. The minimum Gasteiger partial charge on any atom is -0.375 e. The average molecular weight is 442 g/mol. The highest BCUT2D eigenvalue weighted by Crippen LogP contribution is 2.57. The van der Waals surface area contributed by atoms with E-state index in [2.05, 4.69) is 85.9 Å². The van der Waals surface area contributed by atoms with Gasteiger partial charge in [-0.15, -0.1) is 0 Å². The molecule has 2 aliphatic rings. The summed E-state index contributed by atoms with van der Waals surface area (Å²) in [5, 5.41) is 4.11. The lowest BCUT2D eigenvalue weighted by atomic mass is 9.80. The molecule has 1 N–H and O–H groups in total. The Kier molecular flexibility index (Phi) is 8.48. The van der Waals surface area contributed by atoms with Crippen molar-refractivity contribution in [2.24, 2.45) is 5.92 Å². The lowest BCUT2D eigenvalue weighted by Crippen LogP contribution is -2.40. The topological polar surface area (TPSA) is 12.0 Å². The van der Waals surface area contributed by atoms with Crippen molar-refractivity contribution in [3.8, 4) is 0 Å². The number of anilines is 1. The average Bonchev–Trinajstić information content (AvgIpc) is 3.37. The minimum atomic E-state index is 0.0608. The molecule has 2 aliphatic carbocycles. The Morgan fingerprint density at radius 3 is 2.33 bits per heavy atom. The molecule has 0 saturated heterocycles. The summed E-state index contributed by atoms with van der Waals surface area (Å²) in [5.74, 6) is 0.688. The first kappa shape index (κ1) is 23.9. The normalized spacial score (nSPS) is 22.6. The van der Waals surface area contributed by atoms with E-state index in [9.17, 15) is 0 Å². The molecule has 0 heterocycles. The molecule has 0 unspecified atom stereocenters. The fourth-order valence-electron chi connectivity index (χ4n) is 6.25. The Morgan fingerprint density at radius 2 is 1.61 bits per heavy atom. The molecule has 1 fully saturated rings. The van der Waals surface area contributed by atoms with E-state index in [-0.39, 0.29) is 5.54 Å². The molecule has 1 heteroatoms. The van der Waals surface area contributed by atoms with Crippen LogP contribution in [-0.2, 0) is 0 Å². The third-order valence-corrected chi connectivity index (χ3v) is 7.86. The predicted molar refractivity (Wildman–Crippen MR) is 144 cm³/mol. The first-order valence-electron chi connectivity index (χ1n) is 13.6. The van der Waals surface area contributed by atoms with E-state index >= 15 is 0 Å². The number of hydrogen-bond donors (Lipinski definition) is 1. The Morgan fingerprint density at radius 1 is 0.909 bits per heavy atom. The molecule has 33 heavy (non-hydrogen) atoms. The van der Waals surface area contributed by atoms with Gasteiger partial charge in [-0.1, -0.05) is 101 Å². The minimum absolute atomic E-state index is 0.0608. The van der Waals surface area contributed by atoms with Crippen LogP contribution >= 0.6 is 0 Å². The van der Waals surface area contributed by atoms with Gasteiger partial charge in [0.15, 0.2) is 0 Å². The van der Waals surface area contributed by atoms with E-state index in [1.807, 2.05) is 0 Å². The van der Waals surface area contributed by atoms with E-state index in [1.165, 1.54) is 88.3 Å². The molecular formula is C32H43N. The summed E-state index contributed by atoms with van der Waals surface area (Å²) >= 11 is 0. The van der Waals surface area contributed by atoms with Gasteiger partial charge in [-0.05, 0) is 85.3 Å². The van der Waals surface area contributed by atoms with Crippen molar-refractivity contribution in [3.05, 3.63) is 83.4 Å². The van der Waals surface area contributed by atoms with Gasteiger partial charge in [0.25, 0.3) is 0 Å². The second-order valence-electron chi connectivity index (χ2n) is 10.2. The molecule has 0 aliphatic heterocycles. The third-order valence-electron chi connectivity index (χ3n) is 7.86. The maximum atomic E-state index is 4.11. The molecule has 1 nitrogen and oxygen atoms in total. The van der Waals surface area contributed by atoms with Crippen molar-refractivity contribution >= 4 is 11.3 Å². The fourth-order valence-corrected chi connectivity index (χ4v) is 6.25. The van der Waals surface area contributed by atoms with Crippen LogP contribution in [0.15, 0.2) is 77.9 Å². The molecule has 0 radical (unpaired) electrons. The SMILES string of the molecule is CCCCC/C=C(\CCCCC)C1=C(c2ccccc2)[C@]2(Nc3ccccc3)CCC[C@@H]2C1. The largest absolute Gasteiger partial charge is 0.375 e. The first-order valence-corrected chi connectivity index (χ1v) is 13.6. The van der Waals surface area contributed by atoms with Crippen molar-refractivity contribution in [1.29, 1.82) is 0 Å². The summed E-state index contributed by atoms with van der Waals surface area (Å²) in [4.78, 5) is 0. The highest BCUT2D eigenvalue weighted by Gasteiger charge is 2.51. The van der Waals surface area contributed by atoms with Gasteiger partial charge in [0.2, 0.25) is 0 Å². The molecular weight excluding hydrogens is 398 g/mol. The van der Waals surface area contributed by atoms with E-state index in [1.54, 1.807) is 16.7 Å². The molecule has 0 spiro atoms. The van der Waals surface area contributed by atoms with Gasteiger partial charge in [-0.25, -0.2) is 0 Å². The Bertz CT molecular complexity index is 923. The predicted octanol–water partition coefficient (Wildman–Crippen LogP) is 9.58. The Hall–Kier alpha value is -2.28. The van der Waals surface area contributed by atoms with Crippen molar-refractivity contribution in [1.82, 2.24) is 0 Å². The standard InChI is InChI=1S/C32H43N/c1-3-5-7-11-18-26(17-10-6-4-2)30-25-28-21-16-24-32(28,33-29-22-14-9-15-23-29)31(30)27-19-12-8-13-20-27/h8-9,12-15,18-20,22-23,28,33H,3-7,10-11,16-17,21,24-25H2,1-2H3/b26-18+/t28-,32+/m1/s1. The lowest BCUT2D eigenvalue weighted by Gasteiger charge is -2.36. The molecule has 0 aromatic heterocycles. The molecule has 4 rings (SSSR count). The van der Waals surface area contributed by atoms with E-state index < -0.39 is 0 Å². The zero-order chi connectivity index (χ0) is 22.9. The number of para-hydroxylation sites is 1. The maximum absolute atomic E-state index is 4.11. The summed E-state index contributed by atoms with van der Waals surface area (Å²) in [6.07, 6.45) is 18.1. The Balaban J connectivity index is 1.78. The summed E-state index contributed by atoms with van der Waals surface area (Å²) in [6.45, 7) is 4.62. The van der Waals surface area contributed by atoms with Crippen LogP contribution in [0.5, 0.6) is 0 Å². The van der Waals surface area contributed by atoms with Crippen LogP contribution in [0.3, 0.4) is 0 Å². The van der Waals surface area contributed by atoms with Crippen molar-refractivity contribution < 1.29 is 0 Å². The van der Waals surface area contributed by atoms with Gasteiger partial charge in [0, 0.05) is 5.69 Å². The van der Waals surface area contributed by atoms with Gasteiger partial charge >= 0.3 is 0 Å². The van der Waals surface area contributed by atoms with Crippen molar-refractivity contribution in [3.63, 3.8) is 0 Å². The molecule has 1 saturated carbocycles. The number of benzene rings is 2. The van der Waals surface area contributed by atoms with Crippen molar-refractivity contribution in [2.45, 2.75) is 96.4 Å². The highest BCUT2D eigenvalue weighted by atomic mass is 15.0. The van der Waals surface area contributed by atoms with Crippen LogP contribution < -0.4 is 5.32 Å². The van der Waals surface area contributed by atoms with E-state index in [4.69, 9.17) is 0 Å². The second kappa shape index (κ2) is 11.7. The summed E-state index contributed by atoms with van der Waals surface area (Å²) in [6, 6.07) is 22.2. The molecule has 2 atom stereocenters. The van der Waals surface area contributed by atoms with Crippen molar-refractivity contribution in [2.75, 3.05) is 5.32 Å². The second-order valence-corrected chi connectivity index (χ2v) is 10.2. The number of hydrogen-bond acceptors (Lipinski definition) is 1. The fraction of sp³-hybridized carbons (Fsp3) is 0.500. The van der Waals surface area contributed by atoms with Crippen LogP contribution in [0, 0.1) is 5.92 Å². The first-order chi connectivity index (χ1) is 16.3. The lowest BCUT2D eigenvalue weighted by molar-refractivity contribution is 0.456. The summed E-state index contributed by atoms with van der Waals surface area (Å²) in [7, 11) is 0. The van der Waals surface area contributed by atoms with Crippen LogP contribution in [0.2, 0.25) is 0 Å². The molecule has 176 valence electrons. The van der Waals surface area contributed by atoms with Gasteiger partial charge < -0.3 is 5.32 Å². The smallest absolute Gasteiger partial charge is 0.0665 e. The van der Waals surface area contributed by atoms with Crippen LogP contribution in [0.4, 0.5) is 5.69 Å². The van der Waals surface area contributed by atoms with Gasteiger partial charge in [0.1, 0.15) is 0 Å². The summed E-state index contributed by atoms with van der Waals surface area (Å²) in [5.41, 5.74) is 7.68. The number of allylic oxidation sites excluding steroid dienone is 3. The number of fused-ring (bicyclic) bond motifs is 1. The van der Waals surface area contributed by atoms with Gasteiger partial charge in [-0.3, -0.25) is 0 Å². The molecule has 0 bridgehead atoms. The van der Waals surface area contributed by atoms with Crippen LogP contribution in [-0.4, -0.2) is 5.54 Å². The number of unbranched alkanes of at least 4 members (excludes halogenated alkanes) is 5. The zero-order valence-corrected chi connectivity index (χ0v) is 20.9. The molecule has 2 aromatic carbocycles. The van der Waals surface area contributed by atoms with Crippen LogP contribution in [0.25, 0.3) is 5.57 Å². The van der Waals surface area contributed by atoms with E-state index in [0.717, 1.165) is 0 Å². The quantitative estimate of drug-likeness (QED) is 0.323. The zero-order valence-electron chi connectivity index (χ0n) is 20.9. The maximum Gasteiger partial charge on any atom is 0.0665 e. The molecule has 2 aromatic rings. The summed E-state index contributed by atoms with van der Waals surface area (Å²) < 4.78 is 0. The Labute approximate surface area is 202 Å². The number of rotatable bonds is 12. The van der Waals surface area contributed by atoms with E-state index in [0.29, 0.717) is 5.92 Å². The molecule has 0 amide bonds. The highest BCUT2D eigenvalue weighted by molar-refractivity contribution is 5.85. The monoisotopic (exact) mass is 441 g/mol. The van der Waals surface area contributed by atoms with Gasteiger partial charge in [-0.2, -0.15) is 0 Å².